The highest BCUT2D eigenvalue weighted by molar-refractivity contribution is 8.00. The van der Waals surface area contributed by atoms with Gasteiger partial charge in [0.2, 0.25) is 5.91 Å². The molecule has 144 valence electrons. The van der Waals surface area contributed by atoms with Crippen molar-refractivity contribution in [3.8, 4) is 0 Å². The van der Waals surface area contributed by atoms with Gasteiger partial charge < -0.3 is 10.1 Å². The number of rotatable bonds is 7. The van der Waals surface area contributed by atoms with Crippen LogP contribution in [0.5, 0.6) is 0 Å². The third-order valence-corrected chi connectivity index (χ3v) is 6.17. The van der Waals surface area contributed by atoms with Gasteiger partial charge in [-0.05, 0) is 31.5 Å². The molecule has 1 aliphatic rings. The third kappa shape index (κ3) is 5.58. The van der Waals surface area contributed by atoms with Crippen molar-refractivity contribution in [3.63, 3.8) is 0 Å². The van der Waals surface area contributed by atoms with E-state index in [-0.39, 0.29) is 16.7 Å². The quantitative estimate of drug-likeness (QED) is 0.739. The van der Waals surface area contributed by atoms with Gasteiger partial charge in [0.15, 0.2) is 0 Å². The number of thioether (sulfide) groups is 1. The number of benzene rings is 2. The zero-order chi connectivity index (χ0) is 19.1. The largest absolute Gasteiger partial charge is 0.379 e. The van der Waals surface area contributed by atoms with Gasteiger partial charge in [-0.2, -0.15) is 0 Å². The molecule has 0 radical (unpaired) electrons. The minimum absolute atomic E-state index is 0.0522. The molecule has 4 nitrogen and oxygen atoms in total. The van der Waals surface area contributed by atoms with E-state index in [4.69, 9.17) is 4.74 Å². The standard InChI is InChI=1S/C22H28N2O2S/c1-22(2,24-13-15-26-16-14-24)17-23-21(25)20(18-9-5-3-6-10-18)27-19-11-7-4-8-12-19/h3-12,20H,13-17H2,1-2H3,(H,23,25). The molecular formula is C22H28N2O2S. The van der Waals surface area contributed by atoms with E-state index in [9.17, 15) is 4.79 Å². The first-order valence-electron chi connectivity index (χ1n) is 9.43. The second-order valence-corrected chi connectivity index (χ2v) is 8.53. The third-order valence-electron chi connectivity index (χ3n) is 4.90. The molecule has 0 saturated carbocycles. The zero-order valence-electron chi connectivity index (χ0n) is 16.1. The van der Waals surface area contributed by atoms with Crippen molar-refractivity contribution >= 4 is 17.7 Å². The fraction of sp³-hybridized carbons (Fsp3) is 0.409. The van der Waals surface area contributed by atoms with Crippen LogP contribution < -0.4 is 5.32 Å². The average molecular weight is 385 g/mol. The van der Waals surface area contributed by atoms with Crippen LogP contribution in [-0.4, -0.2) is 49.2 Å². The fourth-order valence-corrected chi connectivity index (χ4v) is 4.28. The van der Waals surface area contributed by atoms with Crippen molar-refractivity contribution in [1.29, 1.82) is 0 Å². The van der Waals surface area contributed by atoms with Crippen LogP contribution >= 0.6 is 11.8 Å². The highest BCUT2D eigenvalue weighted by Crippen LogP contribution is 2.35. The van der Waals surface area contributed by atoms with Gasteiger partial charge in [0.25, 0.3) is 0 Å². The summed E-state index contributed by atoms with van der Waals surface area (Å²) in [4.78, 5) is 16.6. The Morgan fingerprint density at radius 3 is 2.30 bits per heavy atom. The van der Waals surface area contributed by atoms with Crippen LogP contribution in [0.3, 0.4) is 0 Å². The summed E-state index contributed by atoms with van der Waals surface area (Å²) >= 11 is 1.59. The predicted octanol–water partition coefficient (Wildman–Crippen LogP) is 3.75. The Hall–Kier alpha value is -1.82. The molecule has 1 atom stereocenters. The maximum atomic E-state index is 13.1. The summed E-state index contributed by atoms with van der Waals surface area (Å²) in [6.45, 7) is 8.31. The summed E-state index contributed by atoms with van der Waals surface area (Å²) in [6, 6.07) is 20.1. The van der Waals surface area contributed by atoms with Gasteiger partial charge in [-0.1, -0.05) is 48.5 Å². The Balaban J connectivity index is 1.69. The molecule has 1 N–H and O–H groups in total. The van der Waals surface area contributed by atoms with Crippen LogP contribution in [-0.2, 0) is 9.53 Å². The summed E-state index contributed by atoms with van der Waals surface area (Å²) < 4.78 is 5.45. The van der Waals surface area contributed by atoms with Crippen LogP contribution in [0.15, 0.2) is 65.6 Å². The van der Waals surface area contributed by atoms with Gasteiger partial charge in [0.1, 0.15) is 5.25 Å². The Kier molecular flexibility index (Phi) is 6.94. The first-order chi connectivity index (χ1) is 13.1. The van der Waals surface area contributed by atoms with Crippen LogP contribution in [0, 0.1) is 0 Å². The van der Waals surface area contributed by atoms with E-state index in [1.165, 1.54) is 0 Å². The van der Waals surface area contributed by atoms with E-state index >= 15 is 0 Å². The molecule has 1 aliphatic heterocycles. The molecule has 2 aromatic rings. The Bertz CT molecular complexity index is 716. The second kappa shape index (κ2) is 9.40. The number of hydrogen-bond donors (Lipinski definition) is 1. The van der Waals surface area contributed by atoms with Crippen molar-refractivity contribution in [3.05, 3.63) is 66.2 Å². The summed E-state index contributed by atoms with van der Waals surface area (Å²) in [7, 11) is 0. The van der Waals surface area contributed by atoms with Crippen molar-refractivity contribution in [2.24, 2.45) is 0 Å². The van der Waals surface area contributed by atoms with Gasteiger partial charge in [0.05, 0.1) is 13.2 Å². The number of nitrogens with one attached hydrogen (secondary N) is 1. The lowest BCUT2D eigenvalue weighted by Crippen LogP contribution is -2.55. The maximum absolute atomic E-state index is 13.1. The van der Waals surface area contributed by atoms with Crippen molar-refractivity contribution < 1.29 is 9.53 Å². The number of ether oxygens (including phenoxy) is 1. The number of nitrogens with zero attached hydrogens (tertiary/aromatic N) is 1. The molecule has 1 saturated heterocycles. The average Bonchev–Trinajstić information content (AvgIpc) is 2.72. The van der Waals surface area contributed by atoms with Crippen LogP contribution in [0.25, 0.3) is 0 Å². The maximum Gasteiger partial charge on any atom is 0.238 e. The monoisotopic (exact) mass is 384 g/mol. The van der Waals surface area contributed by atoms with Crippen molar-refractivity contribution in [2.75, 3.05) is 32.8 Å². The SMILES string of the molecule is CC(C)(CNC(=O)C(Sc1ccccc1)c1ccccc1)N1CCOCC1. The van der Waals surface area contributed by atoms with Gasteiger partial charge in [0, 0.05) is 30.1 Å². The zero-order valence-corrected chi connectivity index (χ0v) is 16.9. The normalized spacial score (nSPS) is 16.7. The molecule has 2 aromatic carbocycles. The molecule has 1 unspecified atom stereocenters. The first kappa shape index (κ1) is 19.9. The molecule has 1 heterocycles. The van der Waals surface area contributed by atoms with Crippen LogP contribution in [0.2, 0.25) is 0 Å². The number of hydrogen-bond acceptors (Lipinski definition) is 4. The van der Waals surface area contributed by atoms with E-state index in [0.717, 1.165) is 36.8 Å². The highest BCUT2D eigenvalue weighted by Gasteiger charge is 2.30. The van der Waals surface area contributed by atoms with Crippen molar-refractivity contribution in [2.45, 2.75) is 29.5 Å². The van der Waals surface area contributed by atoms with Gasteiger partial charge >= 0.3 is 0 Å². The predicted molar refractivity (Wildman–Crippen MR) is 111 cm³/mol. The Morgan fingerprint density at radius 2 is 1.67 bits per heavy atom. The van der Waals surface area contributed by atoms with Gasteiger partial charge in [-0.25, -0.2) is 0 Å². The molecule has 27 heavy (non-hydrogen) atoms. The van der Waals surface area contributed by atoms with Gasteiger partial charge in [-0.3, -0.25) is 9.69 Å². The number of morpholine rings is 1. The molecule has 0 aromatic heterocycles. The fourth-order valence-electron chi connectivity index (χ4n) is 3.21. The van der Waals surface area contributed by atoms with E-state index in [1.807, 2.05) is 60.7 Å². The van der Waals surface area contributed by atoms with Crippen molar-refractivity contribution in [1.82, 2.24) is 10.2 Å². The second-order valence-electron chi connectivity index (χ2n) is 7.35. The minimum atomic E-state index is -0.269. The number of carbonyl (C=O) groups excluding carboxylic acids is 1. The Labute approximate surface area is 166 Å². The minimum Gasteiger partial charge on any atom is -0.379 e. The highest BCUT2D eigenvalue weighted by atomic mass is 32.2. The van der Waals surface area contributed by atoms with Crippen LogP contribution in [0.1, 0.15) is 24.7 Å². The lowest BCUT2D eigenvalue weighted by molar-refractivity contribution is -0.121. The molecule has 5 heteroatoms. The van der Waals surface area contributed by atoms with Gasteiger partial charge in [-0.15, -0.1) is 11.8 Å². The van der Waals surface area contributed by atoms with E-state index in [2.05, 4.69) is 24.1 Å². The number of carbonyl (C=O) groups is 1. The molecule has 0 bridgehead atoms. The molecule has 1 amide bonds. The molecule has 0 aliphatic carbocycles. The topological polar surface area (TPSA) is 41.6 Å². The number of amides is 1. The lowest BCUT2D eigenvalue weighted by atomic mass is 10.0. The first-order valence-corrected chi connectivity index (χ1v) is 10.3. The summed E-state index contributed by atoms with van der Waals surface area (Å²) in [6.07, 6.45) is 0. The van der Waals surface area contributed by atoms with E-state index in [0.29, 0.717) is 6.54 Å². The van der Waals surface area contributed by atoms with E-state index < -0.39 is 0 Å². The Morgan fingerprint density at radius 1 is 1.07 bits per heavy atom. The lowest BCUT2D eigenvalue weighted by Gasteiger charge is -2.41. The molecule has 0 spiro atoms. The summed E-state index contributed by atoms with van der Waals surface area (Å²) in [5.41, 5.74) is 0.922. The van der Waals surface area contributed by atoms with E-state index in [1.54, 1.807) is 11.8 Å². The smallest absolute Gasteiger partial charge is 0.238 e. The molecule has 3 rings (SSSR count). The van der Waals surface area contributed by atoms with Crippen LogP contribution in [0.4, 0.5) is 0 Å². The summed E-state index contributed by atoms with van der Waals surface area (Å²) in [5, 5.41) is 2.93. The summed E-state index contributed by atoms with van der Waals surface area (Å²) in [5.74, 6) is 0.0522. The molecule has 1 fully saturated rings. The molecular weight excluding hydrogens is 356 g/mol.